The van der Waals surface area contributed by atoms with E-state index in [0.717, 1.165) is 0 Å². The molecule has 1 aromatic rings. The maximum absolute atomic E-state index is 4.84. The molecule has 1 fully saturated rings. The molecular formula is C14H21N. The van der Waals surface area contributed by atoms with Gasteiger partial charge in [0.25, 0.3) is 0 Å². The minimum Gasteiger partial charge on any atom is -0.257 e. The molecule has 2 rings (SSSR count). The van der Waals surface area contributed by atoms with Crippen molar-refractivity contribution in [2.45, 2.75) is 58.3 Å². The molecule has 1 aliphatic carbocycles. The highest BCUT2D eigenvalue weighted by atomic mass is 14.8. The van der Waals surface area contributed by atoms with Gasteiger partial charge in [0.05, 0.1) is 0 Å². The van der Waals surface area contributed by atoms with E-state index in [4.69, 9.17) is 4.98 Å². The van der Waals surface area contributed by atoms with Crippen molar-refractivity contribution in [2.24, 2.45) is 0 Å². The summed E-state index contributed by atoms with van der Waals surface area (Å²) in [5.41, 5.74) is 4.41. The summed E-state index contributed by atoms with van der Waals surface area (Å²) in [7, 11) is 0. The van der Waals surface area contributed by atoms with Crippen molar-refractivity contribution in [3.63, 3.8) is 0 Å². The highest BCUT2D eigenvalue weighted by molar-refractivity contribution is 5.31. The van der Waals surface area contributed by atoms with Gasteiger partial charge in [-0.25, -0.2) is 0 Å². The first-order valence-electron chi connectivity index (χ1n) is 5.81. The molecule has 15 heavy (non-hydrogen) atoms. The standard InChI is InChI=1S/C14H21N/c1-10-8-11(13(2,3)4)15-12(9-10)14(5)6-7-14/h8-9H,6-7H2,1-5H3. The SMILES string of the molecule is Cc1cc(C(C)(C)C)nc(C2(C)CC2)c1. The molecule has 0 saturated heterocycles. The van der Waals surface area contributed by atoms with Crippen LogP contribution in [0.2, 0.25) is 0 Å². The van der Waals surface area contributed by atoms with Crippen LogP contribution < -0.4 is 0 Å². The minimum absolute atomic E-state index is 0.159. The van der Waals surface area contributed by atoms with Gasteiger partial charge < -0.3 is 0 Å². The van der Waals surface area contributed by atoms with Gasteiger partial charge in [0.15, 0.2) is 0 Å². The van der Waals surface area contributed by atoms with E-state index in [2.05, 4.69) is 46.8 Å². The average Bonchev–Trinajstić information content (AvgIpc) is 2.82. The predicted octanol–water partition coefficient (Wildman–Crippen LogP) is 3.74. The van der Waals surface area contributed by atoms with Crippen LogP contribution in [0.5, 0.6) is 0 Å². The van der Waals surface area contributed by atoms with Crippen LogP contribution in [0.25, 0.3) is 0 Å². The summed E-state index contributed by atoms with van der Waals surface area (Å²) in [4.78, 5) is 4.84. The Morgan fingerprint density at radius 1 is 1.20 bits per heavy atom. The second-order valence-corrected chi connectivity index (χ2v) is 6.23. The summed E-state index contributed by atoms with van der Waals surface area (Å²) in [5, 5.41) is 0. The average molecular weight is 203 g/mol. The number of aromatic nitrogens is 1. The molecule has 1 heterocycles. The van der Waals surface area contributed by atoms with E-state index in [1.165, 1.54) is 29.8 Å². The van der Waals surface area contributed by atoms with Crippen LogP contribution in [0.3, 0.4) is 0 Å². The zero-order chi connectivity index (χ0) is 11.3. The quantitative estimate of drug-likeness (QED) is 0.677. The number of pyridine rings is 1. The molecule has 1 heteroatoms. The van der Waals surface area contributed by atoms with Crippen molar-refractivity contribution in [3.8, 4) is 0 Å². The van der Waals surface area contributed by atoms with E-state index in [1.54, 1.807) is 0 Å². The zero-order valence-corrected chi connectivity index (χ0v) is 10.5. The van der Waals surface area contributed by atoms with Gasteiger partial charge in [-0.3, -0.25) is 4.98 Å². The van der Waals surface area contributed by atoms with Crippen LogP contribution in [0.4, 0.5) is 0 Å². The van der Waals surface area contributed by atoms with Crippen LogP contribution >= 0.6 is 0 Å². The third kappa shape index (κ3) is 2.06. The normalized spacial score (nSPS) is 19.0. The number of aryl methyl sites for hydroxylation is 1. The van der Waals surface area contributed by atoms with Gasteiger partial charge in [-0.15, -0.1) is 0 Å². The summed E-state index contributed by atoms with van der Waals surface area (Å²) in [6.07, 6.45) is 2.60. The Labute approximate surface area is 92.9 Å². The maximum Gasteiger partial charge on any atom is 0.0468 e. The lowest BCUT2D eigenvalue weighted by atomic mass is 9.89. The lowest BCUT2D eigenvalue weighted by molar-refractivity contribution is 0.559. The molecule has 82 valence electrons. The van der Waals surface area contributed by atoms with Gasteiger partial charge >= 0.3 is 0 Å². The van der Waals surface area contributed by atoms with Crippen LogP contribution in [0, 0.1) is 6.92 Å². The van der Waals surface area contributed by atoms with E-state index in [0.29, 0.717) is 5.41 Å². The van der Waals surface area contributed by atoms with Crippen molar-refractivity contribution in [3.05, 3.63) is 29.1 Å². The monoisotopic (exact) mass is 203 g/mol. The first-order chi connectivity index (χ1) is 6.81. The molecule has 1 aliphatic rings. The lowest BCUT2D eigenvalue weighted by Crippen LogP contribution is -2.16. The summed E-state index contributed by atoms with van der Waals surface area (Å²) >= 11 is 0. The van der Waals surface area contributed by atoms with Gasteiger partial charge in [-0.05, 0) is 37.5 Å². The predicted molar refractivity (Wildman–Crippen MR) is 64.3 cm³/mol. The van der Waals surface area contributed by atoms with E-state index in [-0.39, 0.29) is 5.41 Å². The summed E-state index contributed by atoms with van der Waals surface area (Å²) in [6, 6.07) is 4.47. The largest absolute Gasteiger partial charge is 0.257 e. The lowest BCUT2D eigenvalue weighted by Gasteiger charge is -2.21. The molecule has 0 atom stereocenters. The van der Waals surface area contributed by atoms with E-state index < -0.39 is 0 Å². The van der Waals surface area contributed by atoms with Gasteiger partial charge in [-0.2, -0.15) is 0 Å². The number of nitrogens with zero attached hydrogens (tertiary/aromatic N) is 1. The third-order valence-corrected chi connectivity index (χ3v) is 3.36. The molecule has 0 aliphatic heterocycles. The second kappa shape index (κ2) is 3.07. The Bertz CT molecular complexity index is 357. The molecule has 1 aromatic heterocycles. The third-order valence-electron chi connectivity index (χ3n) is 3.36. The number of hydrogen-bond donors (Lipinski definition) is 0. The first kappa shape index (κ1) is 10.7. The highest BCUT2D eigenvalue weighted by Crippen LogP contribution is 2.47. The Morgan fingerprint density at radius 3 is 2.27 bits per heavy atom. The van der Waals surface area contributed by atoms with Gasteiger partial charge in [0, 0.05) is 22.2 Å². The summed E-state index contributed by atoms with van der Waals surface area (Å²) < 4.78 is 0. The van der Waals surface area contributed by atoms with Crippen molar-refractivity contribution in [2.75, 3.05) is 0 Å². The molecule has 0 bridgehead atoms. The van der Waals surface area contributed by atoms with Gasteiger partial charge in [0.2, 0.25) is 0 Å². The smallest absolute Gasteiger partial charge is 0.0468 e. The first-order valence-corrected chi connectivity index (χ1v) is 5.81. The van der Waals surface area contributed by atoms with Crippen molar-refractivity contribution in [1.82, 2.24) is 4.98 Å². The molecule has 0 N–H and O–H groups in total. The minimum atomic E-state index is 0.159. The Balaban J connectivity index is 2.46. The fraction of sp³-hybridized carbons (Fsp3) is 0.643. The van der Waals surface area contributed by atoms with Crippen LogP contribution in [0.1, 0.15) is 57.5 Å². The fourth-order valence-electron chi connectivity index (χ4n) is 1.80. The van der Waals surface area contributed by atoms with Crippen molar-refractivity contribution in [1.29, 1.82) is 0 Å². The van der Waals surface area contributed by atoms with Crippen LogP contribution in [-0.2, 0) is 10.8 Å². The van der Waals surface area contributed by atoms with Crippen molar-refractivity contribution >= 4 is 0 Å². The zero-order valence-electron chi connectivity index (χ0n) is 10.5. The van der Waals surface area contributed by atoms with E-state index in [1.807, 2.05) is 0 Å². The van der Waals surface area contributed by atoms with Gasteiger partial charge in [-0.1, -0.05) is 27.7 Å². The summed E-state index contributed by atoms with van der Waals surface area (Å²) in [5.74, 6) is 0. The molecule has 1 saturated carbocycles. The molecule has 0 spiro atoms. The van der Waals surface area contributed by atoms with E-state index >= 15 is 0 Å². The molecule has 1 nitrogen and oxygen atoms in total. The Morgan fingerprint density at radius 2 is 1.80 bits per heavy atom. The van der Waals surface area contributed by atoms with E-state index in [9.17, 15) is 0 Å². The summed E-state index contributed by atoms with van der Waals surface area (Å²) in [6.45, 7) is 11.2. The number of rotatable bonds is 1. The highest BCUT2D eigenvalue weighted by Gasteiger charge is 2.40. The Hall–Kier alpha value is -0.850. The molecule has 0 radical (unpaired) electrons. The maximum atomic E-state index is 4.84. The second-order valence-electron chi connectivity index (χ2n) is 6.23. The van der Waals surface area contributed by atoms with Crippen LogP contribution in [-0.4, -0.2) is 4.98 Å². The topological polar surface area (TPSA) is 12.9 Å². The fourth-order valence-corrected chi connectivity index (χ4v) is 1.80. The molecular weight excluding hydrogens is 182 g/mol. The van der Waals surface area contributed by atoms with Gasteiger partial charge in [0.1, 0.15) is 0 Å². The van der Waals surface area contributed by atoms with Crippen LogP contribution in [0.15, 0.2) is 12.1 Å². The Kier molecular flexibility index (Phi) is 2.18. The molecule has 0 aromatic carbocycles. The molecule has 0 unspecified atom stereocenters. The molecule has 0 amide bonds. The number of hydrogen-bond acceptors (Lipinski definition) is 1. The van der Waals surface area contributed by atoms with Crippen molar-refractivity contribution < 1.29 is 0 Å².